The Hall–Kier alpha value is -3.09. The molecule has 43 heavy (non-hydrogen) atoms. The Labute approximate surface area is 250 Å². The molecule has 10 heteroatoms. The number of hydrogen-bond donors (Lipinski definition) is 1. The van der Waals surface area contributed by atoms with Crippen LogP contribution in [0.5, 0.6) is 0 Å². The summed E-state index contributed by atoms with van der Waals surface area (Å²) in [6.45, 7) is 12.6. The number of halogens is 3. The Morgan fingerprint density at radius 2 is 1.77 bits per heavy atom. The molecule has 1 heterocycles. The van der Waals surface area contributed by atoms with E-state index in [9.17, 15) is 28.0 Å². The molecular formula is C33H41F3N4O3. The summed E-state index contributed by atoms with van der Waals surface area (Å²) < 4.78 is 44.7. The van der Waals surface area contributed by atoms with Crippen molar-refractivity contribution in [2.45, 2.75) is 111 Å². The van der Waals surface area contributed by atoms with Crippen LogP contribution >= 0.6 is 0 Å². The minimum atomic E-state index is -4.75. The lowest BCUT2D eigenvalue weighted by atomic mass is 9.34. The van der Waals surface area contributed by atoms with Crippen molar-refractivity contribution in [3.63, 3.8) is 0 Å². The zero-order valence-electron chi connectivity index (χ0n) is 25.9. The van der Waals surface area contributed by atoms with Gasteiger partial charge in [0.15, 0.2) is 11.6 Å². The molecule has 0 aromatic carbocycles. The largest absolute Gasteiger partial charge is 0.470 e. The molecule has 4 aliphatic carbocycles. The number of fused-ring (bicyclic) bond motifs is 5. The van der Waals surface area contributed by atoms with E-state index in [2.05, 4.69) is 50.9 Å². The highest BCUT2D eigenvalue weighted by atomic mass is 19.4. The molecule has 7 atom stereocenters. The summed E-state index contributed by atoms with van der Waals surface area (Å²) in [5.41, 5.74) is -1.92. The van der Waals surface area contributed by atoms with Gasteiger partial charge in [-0.05, 0) is 85.8 Å². The quantitative estimate of drug-likeness (QED) is 0.335. The van der Waals surface area contributed by atoms with Crippen molar-refractivity contribution in [1.29, 1.82) is 10.7 Å². The van der Waals surface area contributed by atoms with Gasteiger partial charge in [-0.2, -0.15) is 18.4 Å². The van der Waals surface area contributed by atoms with Gasteiger partial charge >= 0.3 is 12.1 Å². The van der Waals surface area contributed by atoms with Crippen LogP contribution in [-0.4, -0.2) is 28.0 Å². The van der Waals surface area contributed by atoms with E-state index in [1.54, 1.807) is 6.92 Å². The predicted octanol–water partition coefficient (Wildman–Crippen LogP) is 7.72. The molecule has 5 rings (SSSR count). The van der Waals surface area contributed by atoms with E-state index in [1.165, 1.54) is 6.21 Å². The molecule has 2 fully saturated rings. The molecule has 0 saturated heterocycles. The lowest BCUT2D eigenvalue weighted by Crippen LogP contribution is -2.64. The first kappa shape index (κ1) is 31.3. The van der Waals surface area contributed by atoms with Crippen molar-refractivity contribution in [2.75, 3.05) is 0 Å². The number of rotatable bonds is 6. The molecule has 0 amide bonds. The molecular weight excluding hydrogens is 557 g/mol. The van der Waals surface area contributed by atoms with E-state index in [0.29, 0.717) is 25.7 Å². The second kappa shape index (κ2) is 9.70. The minimum Gasteiger partial charge on any atom is -0.417 e. The number of alkyl halides is 3. The molecule has 232 valence electrons. The molecule has 0 aliphatic heterocycles. The van der Waals surface area contributed by atoms with Gasteiger partial charge in [0.25, 0.3) is 0 Å². The minimum absolute atomic E-state index is 0.0557. The molecule has 1 aromatic rings. The van der Waals surface area contributed by atoms with E-state index >= 15 is 0 Å². The van der Waals surface area contributed by atoms with Gasteiger partial charge in [0.1, 0.15) is 6.07 Å². The summed E-state index contributed by atoms with van der Waals surface area (Å²) in [6.07, 6.45) is 5.51. The van der Waals surface area contributed by atoms with Crippen LogP contribution in [0.3, 0.4) is 0 Å². The summed E-state index contributed by atoms with van der Waals surface area (Å²) in [7, 11) is 0. The second-order valence-electron chi connectivity index (χ2n) is 15.1. The maximum atomic E-state index is 14.3. The lowest BCUT2D eigenvalue weighted by molar-refractivity contribution is -0.165. The first-order valence-electron chi connectivity index (χ1n) is 15.1. The Morgan fingerprint density at radius 3 is 2.37 bits per heavy atom. The maximum Gasteiger partial charge on any atom is 0.470 e. The third-order valence-corrected chi connectivity index (χ3v) is 12.6. The molecule has 1 N–H and O–H groups in total. The zero-order valence-corrected chi connectivity index (χ0v) is 25.9. The van der Waals surface area contributed by atoms with Crippen LogP contribution in [0.1, 0.15) is 111 Å². The first-order valence-corrected chi connectivity index (χ1v) is 15.1. The monoisotopic (exact) mass is 598 g/mol. The number of nitriles is 1. The summed E-state index contributed by atoms with van der Waals surface area (Å²) in [5.74, 6) is -1.52. The van der Waals surface area contributed by atoms with Gasteiger partial charge in [0.2, 0.25) is 5.89 Å². The number of Topliss-reactive ketones (excluding diaryl/α,β-unsaturated/α-hetero) is 1. The fourth-order valence-corrected chi connectivity index (χ4v) is 9.31. The maximum absolute atomic E-state index is 14.3. The SMILES string of the molecule is C[C@@]1(CC[C@@](C)(CC=N)c2nnc(C(F)(F)F)o2)CC[C@]2(C)[C@@](C)(C1)C(=O)C=C1[C@@]3(C)C=C(C#N)C(=O)C[C@@H]3CC[C@]12C. The highest BCUT2D eigenvalue weighted by Crippen LogP contribution is 2.74. The van der Waals surface area contributed by atoms with Gasteiger partial charge in [0.05, 0.1) is 11.0 Å². The summed E-state index contributed by atoms with van der Waals surface area (Å²) in [6, 6.07) is 2.09. The molecule has 1 aromatic heterocycles. The van der Waals surface area contributed by atoms with Gasteiger partial charge in [-0.25, -0.2) is 0 Å². The van der Waals surface area contributed by atoms with Crippen molar-refractivity contribution in [3.05, 3.63) is 35.1 Å². The van der Waals surface area contributed by atoms with Gasteiger partial charge in [-0.1, -0.05) is 53.2 Å². The smallest absolute Gasteiger partial charge is 0.417 e. The number of ketones is 2. The Bertz CT molecular complexity index is 1490. The van der Waals surface area contributed by atoms with Crippen LogP contribution in [0.15, 0.2) is 27.7 Å². The Balaban J connectivity index is 1.46. The van der Waals surface area contributed by atoms with E-state index < -0.39 is 28.3 Å². The number of nitrogens with one attached hydrogen (secondary N) is 1. The fourth-order valence-electron chi connectivity index (χ4n) is 9.31. The van der Waals surface area contributed by atoms with Crippen LogP contribution in [0.25, 0.3) is 0 Å². The van der Waals surface area contributed by atoms with Crippen molar-refractivity contribution in [3.8, 4) is 6.07 Å². The Kier molecular flexibility index (Phi) is 7.07. The molecule has 4 aliphatic rings. The Morgan fingerprint density at radius 1 is 1.09 bits per heavy atom. The van der Waals surface area contributed by atoms with Gasteiger partial charge in [-0.3, -0.25) is 9.59 Å². The van der Waals surface area contributed by atoms with Crippen LogP contribution in [0.4, 0.5) is 13.2 Å². The summed E-state index contributed by atoms with van der Waals surface area (Å²) >= 11 is 0. The van der Waals surface area contributed by atoms with Crippen molar-refractivity contribution in [1.82, 2.24) is 10.2 Å². The van der Waals surface area contributed by atoms with Crippen LogP contribution in [-0.2, 0) is 21.2 Å². The molecule has 0 radical (unpaired) electrons. The second-order valence-corrected chi connectivity index (χ2v) is 15.1. The number of hydrogen-bond acceptors (Lipinski definition) is 7. The summed E-state index contributed by atoms with van der Waals surface area (Å²) in [5, 5.41) is 24.3. The van der Waals surface area contributed by atoms with Gasteiger partial charge < -0.3 is 9.83 Å². The molecule has 0 bridgehead atoms. The third-order valence-electron chi connectivity index (χ3n) is 12.6. The van der Waals surface area contributed by atoms with Crippen molar-refractivity contribution >= 4 is 17.8 Å². The van der Waals surface area contributed by atoms with Crippen molar-refractivity contribution in [2.24, 2.45) is 33.0 Å². The topological polar surface area (TPSA) is 121 Å². The van der Waals surface area contributed by atoms with Crippen LogP contribution in [0, 0.1) is 49.7 Å². The predicted molar refractivity (Wildman–Crippen MR) is 153 cm³/mol. The van der Waals surface area contributed by atoms with E-state index in [1.807, 2.05) is 12.2 Å². The van der Waals surface area contributed by atoms with E-state index in [-0.39, 0.29) is 51.6 Å². The molecule has 0 unspecified atom stereocenters. The highest BCUT2D eigenvalue weighted by Gasteiger charge is 2.69. The van der Waals surface area contributed by atoms with E-state index in [4.69, 9.17) is 9.83 Å². The van der Waals surface area contributed by atoms with E-state index in [0.717, 1.165) is 31.3 Å². The summed E-state index contributed by atoms with van der Waals surface area (Å²) in [4.78, 5) is 26.9. The number of aromatic nitrogens is 2. The van der Waals surface area contributed by atoms with Gasteiger partial charge in [-0.15, -0.1) is 10.2 Å². The number of allylic oxidation sites excluding steroid dienone is 4. The normalized spacial score (nSPS) is 38.9. The highest BCUT2D eigenvalue weighted by molar-refractivity contribution is 6.01. The fraction of sp³-hybridized carbons (Fsp3) is 0.697. The molecule has 0 spiro atoms. The molecule has 2 saturated carbocycles. The van der Waals surface area contributed by atoms with Crippen molar-refractivity contribution < 1.29 is 27.2 Å². The molecule has 7 nitrogen and oxygen atoms in total. The van der Waals surface area contributed by atoms with Gasteiger partial charge in [0, 0.05) is 17.3 Å². The van der Waals surface area contributed by atoms with Crippen LogP contribution in [0.2, 0.25) is 0 Å². The van der Waals surface area contributed by atoms with Crippen LogP contribution < -0.4 is 0 Å². The third kappa shape index (κ3) is 4.47. The number of carbonyl (C=O) groups excluding carboxylic acids is 2. The lowest BCUT2D eigenvalue weighted by Gasteiger charge is -2.68. The number of carbonyl (C=O) groups is 2. The average molecular weight is 599 g/mol. The first-order chi connectivity index (χ1) is 19.8. The number of nitrogens with zero attached hydrogens (tertiary/aromatic N) is 3. The zero-order chi connectivity index (χ0) is 31.9. The average Bonchev–Trinajstić information content (AvgIpc) is 3.44. The standard InChI is InChI=1S/C33H41F3N4O3/c1-27(9-11-28(2,13-14-37)25-39-40-26(43-25)33(34,35)36)10-12-32(6)30(4)8-7-21-15-22(41)20(18-38)17-29(21,3)23(30)16-24(42)31(32,5)19-27/h14,16-17,21,37H,7-13,15,19H2,1-6H3/t21-,27+,28-,29-,30+,31-,32-/m0/s1.